The number of hydrogen-bond acceptors (Lipinski definition) is 4. The molecule has 1 amide bonds. The Kier molecular flexibility index (Phi) is 4.46. The van der Waals surface area contributed by atoms with E-state index in [1.165, 1.54) is 11.3 Å². The number of nitrogens with two attached hydrogens (primary N) is 1. The summed E-state index contributed by atoms with van der Waals surface area (Å²) in [5.74, 6) is -0.127. The van der Waals surface area contributed by atoms with Gasteiger partial charge in [0.25, 0.3) is 5.91 Å². The van der Waals surface area contributed by atoms with Crippen LogP contribution in [0.25, 0.3) is 0 Å². The number of carbonyl (C=O) groups excluding carboxylic acids is 1. The van der Waals surface area contributed by atoms with Crippen molar-refractivity contribution in [2.24, 2.45) is 5.73 Å². The molecule has 2 unspecified atom stereocenters. The van der Waals surface area contributed by atoms with E-state index in [4.69, 9.17) is 5.73 Å². The molecule has 0 aromatic carbocycles. The molecule has 0 fully saturated rings. The van der Waals surface area contributed by atoms with Crippen LogP contribution in [0.4, 0.5) is 0 Å². The summed E-state index contributed by atoms with van der Waals surface area (Å²) in [5, 5.41) is 11.9. The van der Waals surface area contributed by atoms with Crippen LogP contribution in [0.2, 0.25) is 0 Å². The maximum absolute atomic E-state index is 11.7. The second-order valence-electron chi connectivity index (χ2n) is 3.96. The molecule has 1 heterocycles. The highest BCUT2D eigenvalue weighted by molar-refractivity contribution is 7.14. The van der Waals surface area contributed by atoms with Gasteiger partial charge < -0.3 is 16.2 Å². The lowest BCUT2D eigenvalue weighted by molar-refractivity contribution is 0.0941. The summed E-state index contributed by atoms with van der Waals surface area (Å²) in [6, 6.07) is 1.44. The first-order valence-electron chi connectivity index (χ1n) is 5.20. The van der Waals surface area contributed by atoms with Crippen LogP contribution < -0.4 is 11.1 Å². The van der Waals surface area contributed by atoms with Crippen molar-refractivity contribution < 1.29 is 9.90 Å². The van der Waals surface area contributed by atoms with Crippen molar-refractivity contribution >= 4 is 17.2 Å². The minimum absolute atomic E-state index is 0.127. The number of carbonyl (C=O) groups is 1. The summed E-state index contributed by atoms with van der Waals surface area (Å²) < 4.78 is 0. The van der Waals surface area contributed by atoms with E-state index in [1.54, 1.807) is 6.92 Å². The zero-order valence-electron chi connectivity index (χ0n) is 9.78. The second-order valence-corrected chi connectivity index (χ2v) is 5.22. The predicted molar refractivity (Wildman–Crippen MR) is 65.8 cm³/mol. The van der Waals surface area contributed by atoms with E-state index in [0.29, 0.717) is 4.88 Å². The Labute approximate surface area is 99.5 Å². The van der Waals surface area contributed by atoms with Crippen molar-refractivity contribution in [3.8, 4) is 0 Å². The van der Waals surface area contributed by atoms with Crippen LogP contribution in [0.5, 0.6) is 0 Å². The van der Waals surface area contributed by atoms with E-state index in [-0.39, 0.29) is 12.5 Å². The van der Waals surface area contributed by atoms with E-state index in [9.17, 15) is 9.90 Å². The quantitative estimate of drug-likeness (QED) is 0.731. The summed E-state index contributed by atoms with van der Waals surface area (Å²) in [5.41, 5.74) is 6.74. The van der Waals surface area contributed by atoms with Gasteiger partial charge in [0, 0.05) is 17.5 Å². The number of aryl methyl sites for hydroxylation is 2. The molecule has 0 saturated heterocycles. The zero-order valence-corrected chi connectivity index (χ0v) is 10.6. The van der Waals surface area contributed by atoms with Gasteiger partial charge >= 0.3 is 0 Å². The number of nitrogens with one attached hydrogen (secondary N) is 1. The predicted octanol–water partition coefficient (Wildman–Crippen LogP) is 0.803. The lowest BCUT2D eigenvalue weighted by Crippen LogP contribution is -2.43. The smallest absolute Gasteiger partial charge is 0.261 e. The highest BCUT2D eigenvalue weighted by Gasteiger charge is 2.13. The van der Waals surface area contributed by atoms with E-state index in [0.717, 1.165) is 10.4 Å². The minimum atomic E-state index is -0.618. The normalized spacial score (nSPS) is 14.6. The van der Waals surface area contributed by atoms with Gasteiger partial charge in [-0.05, 0) is 32.4 Å². The van der Waals surface area contributed by atoms with Crippen molar-refractivity contribution in [3.63, 3.8) is 0 Å². The third-order valence-electron chi connectivity index (χ3n) is 2.51. The number of rotatable bonds is 4. The van der Waals surface area contributed by atoms with Gasteiger partial charge in [-0.25, -0.2) is 0 Å². The van der Waals surface area contributed by atoms with Crippen LogP contribution in [0.15, 0.2) is 6.07 Å². The molecule has 2 atom stereocenters. The number of thiophene rings is 1. The molecule has 0 aliphatic carbocycles. The molecule has 1 rings (SSSR count). The summed E-state index contributed by atoms with van der Waals surface area (Å²) >= 11 is 1.47. The summed E-state index contributed by atoms with van der Waals surface area (Å²) in [4.78, 5) is 13.5. The highest BCUT2D eigenvalue weighted by atomic mass is 32.1. The van der Waals surface area contributed by atoms with E-state index in [2.05, 4.69) is 5.32 Å². The van der Waals surface area contributed by atoms with Crippen LogP contribution in [0.1, 0.15) is 27.0 Å². The Balaban J connectivity index is 2.53. The van der Waals surface area contributed by atoms with Gasteiger partial charge in [0.2, 0.25) is 0 Å². The standard InChI is InChI=1S/C11H18N2O2S/c1-6-4-10(16-8(6)3)11(15)13-5-9(12)7(2)14/h4,7,9,14H,5,12H2,1-3H3,(H,13,15). The molecule has 4 N–H and O–H groups in total. The molecule has 5 heteroatoms. The summed E-state index contributed by atoms with van der Waals surface area (Å²) in [6.45, 7) is 5.85. The SMILES string of the molecule is Cc1cc(C(=O)NCC(N)C(C)O)sc1C. The summed E-state index contributed by atoms with van der Waals surface area (Å²) in [6.07, 6.45) is -0.618. The van der Waals surface area contributed by atoms with E-state index < -0.39 is 12.1 Å². The zero-order chi connectivity index (χ0) is 12.3. The topological polar surface area (TPSA) is 75.4 Å². The maximum atomic E-state index is 11.7. The Morgan fingerprint density at radius 1 is 1.62 bits per heavy atom. The van der Waals surface area contributed by atoms with E-state index in [1.807, 2.05) is 19.9 Å². The average molecular weight is 242 g/mol. The third kappa shape index (κ3) is 3.30. The van der Waals surface area contributed by atoms with Gasteiger partial charge in [-0.3, -0.25) is 4.79 Å². The Morgan fingerprint density at radius 3 is 2.69 bits per heavy atom. The van der Waals surface area contributed by atoms with Crippen molar-refractivity contribution in [1.29, 1.82) is 0 Å². The van der Waals surface area contributed by atoms with Crippen molar-refractivity contribution in [1.82, 2.24) is 5.32 Å². The Bertz CT molecular complexity index is 355. The molecule has 4 nitrogen and oxygen atoms in total. The number of aliphatic hydroxyl groups is 1. The molecule has 0 radical (unpaired) electrons. The molecular formula is C11H18N2O2S. The first-order valence-corrected chi connectivity index (χ1v) is 6.02. The maximum Gasteiger partial charge on any atom is 0.261 e. The molecule has 16 heavy (non-hydrogen) atoms. The molecule has 1 aromatic heterocycles. The highest BCUT2D eigenvalue weighted by Crippen LogP contribution is 2.20. The first-order chi connectivity index (χ1) is 7.41. The van der Waals surface area contributed by atoms with Crippen LogP contribution >= 0.6 is 11.3 Å². The first kappa shape index (κ1) is 13.2. The largest absolute Gasteiger partial charge is 0.392 e. The van der Waals surface area contributed by atoms with Crippen molar-refractivity contribution in [3.05, 3.63) is 21.4 Å². The molecule has 0 saturated carbocycles. The van der Waals surface area contributed by atoms with Crippen molar-refractivity contribution in [2.75, 3.05) is 6.54 Å². The average Bonchev–Trinajstić information content (AvgIpc) is 2.55. The van der Waals surface area contributed by atoms with Crippen LogP contribution in [0, 0.1) is 13.8 Å². The number of amides is 1. The van der Waals surface area contributed by atoms with Gasteiger partial charge in [-0.1, -0.05) is 0 Å². The minimum Gasteiger partial charge on any atom is -0.392 e. The Hall–Kier alpha value is -0.910. The van der Waals surface area contributed by atoms with Crippen LogP contribution in [-0.2, 0) is 0 Å². The Morgan fingerprint density at radius 2 is 2.25 bits per heavy atom. The molecule has 0 aliphatic heterocycles. The molecular weight excluding hydrogens is 224 g/mol. The lowest BCUT2D eigenvalue weighted by atomic mass is 10.2. The van der Waals surface area contributed by atoms with Gasteiger partial charge in [0.1, 0.15) is 0 Å². The number of aliphatic hydroxyl groups excluding tert-OH is 1. The summed E-state index contributed by atoms with van der Waals surface area (Å²) in [7, 11) is 0. The molecule has 90 valence electrons. The van der Waals surface area contributed by atoms with Crippen LogP contribution in [-0.4, -0.2) is 29.7 Å². The fraction of sp³-hybridized carbons (Fsp3) is 0.545. The number of hydrogen-bond donors (Lipinski definition) is 3. The molecule has 0 bridgehead atoms. The van der Waals surface area contributed by atoms with Gasteiger partial charge in [0.15, 0.2) is 0 Å². The second kappa shape index (κ2) is 5.43. The van der Waals surface area contributed by atoms with Crippen LogP contribution in [0.3, 0.4) is 0 Å². The van der Waals surface area contributed by atoms with Crippen molar-refractivity contribution in [2.45, 2.75) is 32.9 Å². The van der Waals surface area contributed by atoms with Gasteiger partial charge in [-0.2, -0.15) is 0 Å². The van der Waals surface area contributed by atoms with Gasteiger partial charge in [0.05, 0.1) is 11.0 Å². The fourth-order valence-electron chi connectivity index (χ4n) is 1.15. The molecule has 0 aliphatic rings. The third-order valence-corrected chi connectivity index (χ3v) is 3.66. The fourth-order valence-corrected chi connectivity index (χ4v) is 2.10. The van der Waals surface area contributed by atoms with E-state index >= 15 is 0 Å². The van der Waals surface area contributed by atoms with Gasteiger partial charge in [-0.15, -0.1) is 11.3 Å². The molecule has 1 aromatic rings. The monoisotopic (exact) mass is 242 g/mol. The molecule has 0 spiro atoms. The lowest BCUT2D eigenvalue weighted by Gasteiger charge is -2.14.